The maximum absolute atomic E-state index is 12.7. The van der Waals surface area contributed by atoms with Gasteiger partial charge in [0, 0.05) is 17.3 Å². The molecule has 1 saturated heterocycles. The van der Waals surface area contributed by atoms with Crippen LogP contribution in [0.1, 0.15) is 52.4 Å². The first-order valence-corrected chi connectivity index (χ1v) is 9.49. The van der Waals surface area contributed by atoms with Gasteiger partial charge in [0.15, 0.2) is 0 Å². The first kappa shape index (κ1) is 15.4. The smallest absolute Gasteiger partial charge is 0.312 e. The number of carbonyl (C=O) groups excluding carboxylic acids is 1. The van der Waals surface area contributed by atoms with Gasteiger partial charge in [0.25, 0.3) is 0 Å². The van der Waals surface area contributed by atoms with Gasteiger partial charge in [-0.2, -0.15) is 0 Å². The van der Waals surface area contributed by atoms with Crippen LogP contribution in [-0.4, -0.2) is 34.5 Å². The summed E-state index contributed by atoms with van der Waals surface area (Å²) in [6.45, 7) is 8.55. The van der Waals surface area contributed by atoms with Crippen molar-refractivity contribution in [2.75, 3.05) is 0 Å². The summed E-state index contributed by atoms with van der Waals surface area (Å²) in [4.78, 5) is 12.7. The fraction of sp³-hybridized carbons (Fsp3) is 0.850. The van der Waals surface area contributed by atoms with Crippen LogP contribution in [0.15, 0.2) is 12.2 Å². The maximum Gasteiger partial charge on any atom is 0.312 e. The molecule has 2 N–H and O–H groups in total. The minimum atomic E-state index is -0.626. The molecule has 0 aromatic heterocycles. The number of fused-ring (bicyclic) bond motifs is 2. The van der Waals surface area contributed by atoms with Gasteiger partial charge < -0.3 is 14.9 Å². The number of hydrogen-bond acceptors (Lipinski definition) is 4. The number of hydrogen-bond donors (Lipinski definition) is 2. The molecule has 5 fully saturated rings. The second-order valence-electron chi connectivity index (χ2n) is 9.80. The molecule has 2 bridgehead atoms. The monoisotopic (exact) mass is 332 g/mol. The Morgan fingerprint density at radius 1 is 1.25 bits per heavy atom. The van der Waals surface area contributed by atoms with Crippen LogP contribution in [0.3, 0.4) is 0 Å². The van der Waals surface area contributed by atoms with Crippen molar-refractivity contribution < 1.29 is 19.7 Å². The van der Waals surface area contributed by atoms with E-state index >= 15 is 0 Å². The van der Waals surface area contributed by atoms with E-state index in [9.17, 15) is 15.0 Å². The number of ether oxygens (including phenoxy) is 1. The lowest BCUT2D eigenvalue weighted by atomic mass is 9.40. The molecule has 5 aliphatic rings. The average molecular weight is 332 g/mol. The Balaban J connectivity index is 1.70. The lowest BCUT2D eigenvalue weighted by Crippen LogP contribution is -2.66. The highest BCUT2D eigenvalue weighted by Gasteiger charge is 2.75. The van der Waals surface area contributed by atoms with Crippen molar-refractivity contribution in [3.63, 3.8) is 0 Å². The summed E-state index contributed by atoms with van der Waals surface area (Å²) in [5, 5.41) is 22.1. The van der Waals surface area contributed by atoms with Gasteiger partial charge in [-0.15, -0.1) is 0 Å². The molecule has 0 amide bonds. The van der Waals surface area contributed by atoms with Crippen LogP contribution in [0.4, 0.5) is 0 Å². The predicted molar refractivity (Wildman–Crippen MR) is 87.9 cm³/mol. The Hall–Kier alpha value is -0.870. The molecular formula is C20H28O4. The van der Waals surface area contributed by atoms with E-state index in [4.69, 9.17) is 4.74 Å². The van der Waals surface area contributed by atoms with Crippen LogP contribution in [0, 0.1) is 34.0 Å². The van der Waals surface area contributed by atoms with E-state index < -0.39 is 11.5 Å². The van der Waals surface area contributed by atoms with Crippen LogP contribution in [0.2, 0.25) is 0 Å². The van der Waals surface area contributed by atoms with E-state index in [1.165, 1.54) is 0 Å². The molecule has 0 radical (unpaired) electrons. The normalized spacial score (nSPS) is 61.3. The third-order valence-corrected chi connectivity index (χ3v) is 8.86. The molecule has 4 nitrogen and oxygen atoms in total. The number of rotatable bonds is 0. The summed E-state index contributed by atoms with van der Waals surface area (Å²) >= 11 is 0. The Labute approximate surface area is 143 Å². The fourth-order valence-electron chi connectivity index (χ4n) is 7.98. The van der Waals surface area contributed by atoms with Crippen molar-refractivity contribution in [2.45, 2.75) is 70.7 Å². The highest BCUT2D eigenvalue weighted by molar-refractivity contribution is 5.80. The van der Waals surface area contributed by atoms with E-state index in [0.29, 0.717) is 0 Å². The zero-order chi connectivity index (χ0) is 17.1. The molecule has 1 spiro atoms. The Morgan fingerprint density at radius 3 is 2.75 bits per heavy atom. The Kier molecular flexibility index (Phi) is 2.74. The summed E-state index contributed by atoms with van der Waals surface area (Å²) in [6, 6.07) is 0. The lowest BCUT2D eigenvalue weighted by Gasteiger charge is -2.64. The van der Waals surface area contributed by atoms with Gasteiger partial charge in [-0.25, -0.2) is 0 Å². The van der Waals surface area contributed by atoms with Crippen molar-refractivity contribution in [1.29, 1.82) is 0 Å². The molecular weight excluding hydrogens is 304 g/mol. The van der Waals surface area contributed by atoms with Gasteiger partial charge in [-0.3, -0.25) is 4.79 Å². The SMILES string of the molecule is C=C1C[C@]23C[C@H]1C(O)C[C@H]2[C@]1(C)CCC[C@@]2(C)C(=O)O[C@@H]([C@H]3O)[C@@H]12. The molecule has 132 valence electrons. The van der Waals surface area contributed by atoms with E-state index in [2.05, 4.69) is 13.5 Å². The van der Waals surface area contributed by atoms with Gasteiger partial charge >= 0.3 is 5.97 Å². The Bertz CT molecular complexity index is 644. The molecule has 0 aromatic rings. The van der Waals surface area contributed by atoms with E-state index in [-0.39, 0.29) is 46.8 Å². The first-order valence-electron chi connectivity index (χ1n) is 9.49. The van der Waals surface area contributed by atoms with Gasteiger partial charge in [-0.1, -0.05) is 25.5 Å². The minimum Gasteiger partial charge on any atom is -0.459 e. The molecule has 0 aromatic carbocycles. The number of aliphatic hydroxyl groups excluding tert-OH is 2. The molecule has 9 atom stereocenters. The van der Waals surface area contributed by atoms with Crippen LogP contribution < -0.4 is 0 Å². The van der Waals surface area contributed by atoms with Gasteiger partial charge in [0.2, 0.25) is 0 Å². The average Bonchev–Trinajstić information content (AvgIpc) is 2.96. The number of aliphatic hydroxyl groups is 2. The third-order valence-electron chi connectivity index (χ3n) is 8.86. The molecule has 1 unspecified atom stereocenters. The molecule has 4 heteroatoms. The lowest BCUT2D eigenvalue weighted by molar-refractivity contribution is -0.229. The zero-order valence-corrected chi connectivity index (χ0v) is 14.6. The van der Waals surface area contributed by atoms with Crippen LogP contribution in [0.5, 0.6) is 0 Å². The summed E-state index contributed by atoms with van der Waals surface area (Å²) in [7, 11) is 0. The fourth-order valence-corrected chi connectivity index (χ4v) is 7.98. The largest absolute Gasteiger partial charge is 0.459 e. The highest BCUT2D eigenvalue weighted by atomic mass is 16.6. The summed E-state index contributed by atoms with van der Waals surface area (Å²) in [5.74, 6) is 0.282. The molecule has 4 aliphatic carbocycles. The van der Waals surface area contributed by atoms with E-state index in [1.54, 1.807) is 0 Å². The number of esters is 1. The van der Waals surface area contributed by atoms with Crippen molar-refractivity contribution in [3.8, 4) is 0 Å². The molecule has 1 heterocycles. The summed E-state index contributed by atoms with van der Waals surface area (Å²) in [5.41, 5.74) is 0.283. The van der Waals surface area contributed by atoms with Crippen molar-refractivity contribution >= 4 is 5.97 Å². The van der Waals surface area contributed by atoms with Gasteiger partial charge in [0.05, 0.1) is 17.6 Å². The summed E-state index contributed by atoms with van der Waals surface area (Å²) in [6.07, 6.45) is 3.86. The second kappa shape index (κ2) is 4.27. The standard InChI is InChI=1S/C20H28O4/c1-10-8-20-9-11(10)12(21)7-13(20)18(2)5-4-6-19(3)15(18)14(16(20)22)24-17(19)23/h11-16,21-22H,1,4-9H2,2-3H3/t11-,12?,13+,14-,15+,16-,18+,19-,20+/m1/s1. The minimum absolute atomic E-state index is 0.0559. The van der Waals surface area contributed by atoms with Crippen molar-refractivity contribution in [1.82, 2.24) is 0 Å². The molecule has 24 heavy (non-hydrogen) atoms. The predicted octanol–water partition coefficient (Wildman–Crippen LogP) is 2.43. The Morgan fingerprint density at radius 2 is 2.00 bits per heavy atom. The van der Waals surface area contributed by atoms with E-state index in [0.717, 1.165) is 44.1 Å². The second-order valence-corrected chi connectivity index (χ2v) is 9.80. The number of carbonyl (C=O) groups is 1. The van der Waals surface area contributed by atoms with Crippen LogP contribution in [0.25, 0.3) is 0 Å². The van der Waals surface area contributed by atoms with Crippen LogP contribution in [-0.2, 0) is 9.53 Å². The van der Waals surface area contributed by atoms with E-state index in [1.807, 2.05) is 6.92 Å². The van der Waals surface area contributed by atoms with Crippen molar-refractivity contribution in [2.24, 2.45) is 34.0 Å². The molecule has 1 aliphatic heterocycles. The topological polar surface area (TPSA) is 66.8 Å². The van der Waals surface area contributed by atoms with Crippen LogP contribution >= 0.6 is 0 Å². The highest BCUT2D eigenvalue weighted by Crippen LogP contribution is 2.74. The first-order chi connectivity index (χ1) is 11.2. The summed E-state index contributed by atoms with van der Waals surface area (Å²) < 4.78 is 5.84. The maximum atomic E-state index is 12.7. The van der Waals surface area contributed by atoms with Gasteiger partial charge in [-0.05, 0) is 50.4 Å². The molecule has 4 saturated carbocycles. The third kappa shape index (κ3) is 1.44. The van der Waals surface area contributed by atoms with Crippen molar-refractivity contribution in [3.05, 3.63) is 12.2 Å². The zero-order valence-electron chi connectivity index (χ0n) is 14.6. The quantitative estimate of drug-likeness (QED) is 0.528. The van der Waals surface area contributed by atoms with Gasteiger partial charge in [0.1, 0.15) is 6.10 Å². The molecule has 5 rings (SSSR count).